The number of alkyl halides is 3. The summed E-state index contributed by atoms with van der Waals surface area (Å²) in [6.07, 6.45) is 1.02. The van der Waals surface area contributed by atoms with Gasteiger partial charge in [0.15, 0.2) is 0 Å². The number of halogens is 3. The average molecular weight is 374 g/mol. The maximum Gasteiger partial charge on any atom is 0.573 e. The molecule has 2 heterocycles. The summed E-state index contributed by atoms with van der Waals surface area (Å²) >= 11 is 0. The Bertz CT molecular complexity index is 963. The van der Waals surface area contributed by atoms with Crippen LogP contribution in [0.1, 0.15) is 30.3 Å². The topological polar surface area (TPSA) is 66.6 Å². The lowest BCUT2D eigenvalue weighted by Gasteiger charge is -2.08. The molecule has 5 nitrogen and oxygen atoms in total. The second-order valence-electron chi connectivity index (χ2n) is 5.82. The smallest absolute Gasteiger partial charge is 0.406 e. The molecule has 1 aromatic carbocycles. The fraction of sp³-hybridized carbons (Fsp3) is 0.263. The van der Waals surface area contributed by atoms with Crippen LogP contribution in [0.4, 0.5) is 13.2 Å². The van der Waals surface area contributed by atoms with Crippen molar-refractivity contribution in [3.05, 3.63) is 53.6 Å². The minimum Gasteiger partial charge on any atom is -0.406 e. The van der Waals surface area contributed by atoms with Crippen molar-refractivity contribution in [3.63, 3.8) is 0 Å². The molecule has 140 valence electrons. The van der Waals surface area contributed by atoms with E-state index in [1.165, 1.54) is 18.2 Å². The summed E-state index contributed by atoms with van der Waals surface area (Å²) in [6.45, 7) is 2.09. The Morgan fingerprint density at radius 3 is 2.85 bits per heavy atom. The van der Waals surface area contributed by atoms with E-state index < -0.39 is 6.36 Å². The van der Waals surface area contributed by atoms with Gasteiger partial charge < -0.3 is 9.72 Å². The minimum absolute atomic E-state index is 0.296. The van der Waals surface area contributed by atoms with Crippen LogP contribution in [0.2, 0.25) is 0 Å². The molecule has 0 saturated heterocycles. The number of hydrogen-bond donors (Lipinski definition) is 2. The molecule has 0 unspecified atom stereocenters. The van der Waals surface area contributed by atoms with Gasteiger partial charge in [0.25, 0.3) is 0 Å². The van der Waals surface area contributed by atoms with E-state index in [4.69, 9.17) is 0 Å². The van der Waals surface area contributed by atoms with Gasteiger partial charge in [0.05, 0.1) is 23.9 Å². The predicted octanol–water partition coefficient (Wildman–Crippen LogP) is 4.25. The summed E-state index contributed by atoms with van der Waals surface area (Å²) in [5.41, 5.74) is 3.08. The van der Waals surface area contributed by atoms with Gasteiger partial charge >= 0.3 is 6.36 Å². The molecule has 27 heavy (non-hydrogen) atoms. The lowest BCUT2D eigenvalue weighted by atomic mass is 10.1. The number of imidazole rings is 1. The van der Waals surface area contributed by atoms with E-state index in [-0.39, 0.29) is 5.75 Å². The Kier molecular flexibility index (Phi) is 5.50. The molecular formula is C19H17F3N4O. The van der Waals surface area contributed by atoms with Crippen molar-refractivity contribution in [2.75, 3.05) is 0 Å². The van der Waals surface area contributed by atoms with Crippen LogP contribution < -0.4 is 4.74 Å². The molecule has 0 spiro atoms. The Labute approximate surface area is 154 Å². The summed E-state index contributed by atoms with van der Waals surface area (Å²) in [6, 6.07) is 5.56. The van der Waals surface area contributed by atoms with E-state index in [9.17, 15) is 13.2 Å². The number of ether oxygens (including phenoxy) is 1. The molecule has 0 bridgehead atoms. The third-order valence-electron chi connectivity index (χ3n) is 3.69. The number of H-pyrrole nitrogens is 2. The van der Waals surface area contributed by atoms with Crippen LogP contribution in [0.3, 0.4) is 0 Å². The van der Waals surface area contributed by atoms with E-state index in [0.717, 1.165) is 29.8 Å². The molecular weight excluding hydrogens is 357 g/mol. The Morgan fingerprint density at radius 1 is 1.22 bits per heavy atom. The zero-order valence-electron chi connectivity index (χ0n) is 14.5. The first-order valence-electron chi connectivity index (χ1n) is 8.36. The number of aromatic nitrogens is 4. The molecule has 0 amide bonds. The Hall–Kier alpha value is -3.21. The fourth-order valence-corrected chi connectivity index (χ4v) is 2.55. The number of nitrogens with zero attached hydrogens (tertiary/aromatic N) is 2. The standard InChI is InChI=1S/C19H17F3N4O/c1-2-5-14-11-23-18(25-14)16-12-24-26-17(16)9-4-7-13-6-3-8-15(10-13)27-19(20,21)22/h3,6,8,10-12H,2,5,9H2,1H3,(H,23,25)(H,24,26). The van der Waals surface area contributed by atoms with Gasteiger partial charge in [-0.25, -0.2) is 4.98 Å². The highest BCUT2D eigenvalue weighted by atomic mass is 19.4. The van der Waals surface area contributed by atoms with Crippen LogP contribution in [0.25, 0.3) is 11.4 Å². The van der Waals surface area contributed by atoms with E-state index in [0.29, 0.717) is 17.8 Å². The molecule has 8 heteroatoms. The summed E-state index contributed by atoms with van der Waals surface area (Å²) in [5, 5.41) is 6.92. The SMILES string of the molecule is CCCc1cnc(-c2cn[nH]c2CC#Cc2cccc(OC(F)(F)F)c2)[nH]1. The monoisotopic (exact) mass is 374 g/mol. The molecule has 0 fully saturated rings. The second kappa shape index (κ2) is 7.99. The van der Waals surface area contributed by atoms with Crippen molar-refractivity contribution in [2.24, 2.45) is 0 Å². The molecule has 2 aromatic heterocycles. The third-order valence-corrected chi connectivity index (χ3v) is 3.69. The number of aryl methyl sites for hydroxylation is 1. The van der Waals surface area contributed by atoms with Crippen LogP contribution in [-0.4, -0.2) is 26.5 Å². The van der Waals surface area contributed by atoms with Gasteiger partial charge in [-0.3, -0.25) is 5.10 Å². The first-order chi connectivity index (χ1) is 12.9. The van der Waals surface area contributed by atoms with Crippen LogP contribution in [0.15, 0.2) is 36.7 Å². The highest BCUT2D eigenvalue weighted by molar-refractivity contribution is 5.58. The molecule has 0 saturated carbocycles. The normalized spacial score (nSPS) is 11.1. The molecule has 0 aliphatic rings. The van der Waals surface area contributed by atoms with Crippen LogP contribution in [-0.2, 0) is 12.8 Å². The maximum absolute atomic E-state index is 12.3. The summed E-state index contributed by atoms with van der Waals surface area (Å²) < 4.78 is 40.8. The molecule has 0 atom stereocenters. The quantitative estimate of drug-likeness (QED) is 0.657. The van der Waals surface area contributed by atoms with E-state index in [1.54, 1.807) is 18.5 Å². The highest BCUT2D eigenvalue weighted by Crippen LogP contribution is 2.23. The predicted molar refractivity (Wildman–Crippen MR) is 93.9 cm³/mol. The van der Waals surface area contributed by atoms with Gasteiger partial charge in [-0.2, -0.15) is 5.10 Å². The maximum atomic E-state index is 12.3. The average Bonchev–Trinajstić information content (AvgIpc) is 3.23. The molecule has 2 N–H and O–H groups in total. The van der Waals surface area contributed by atoms with Gasteiger partial charge in [0.1, 0.15) is 11.6 Å². The Morgan fingerprint density at radius 2 is 2.07 bits per heavy atom. The Balaban J connectivity index is 1.72. The van der Waals surface area contributed by atoms with Gasteiger partial charge in [0, 0.05) is 17.5 Å². The van der Waals surface area contributed by atoms with Crippen molar-refractivity contribution >= 4 is 0 Å². The zero-order chi connectivity index (χ0) is 19.3. The summed E-state index contributed by atoms with van der Waals surface area (Å²) in [7, 11) is 0. The number of rotatable bonds is 5. The third kappa shape index (κ3) is 5.14. The van der Waals surface area contributed by atoms with E-state index in [1.807, 2.05) is 0 Å². The van der Waals surface area contributed by atoms with Gasteiger partial charge in [-0.1, -0.05) is 31.3 Å². The van der Waals surface area contributed by atoms with Gasteiger partial charge in [0.2, 0.25) is 0 Å². The van der Waals surface area contributed by atoms with Gasteiger partial charge in [-0.05, 0) is 24.6 Å². The lowest BCUT2D eigenvalue weighted by molar-refractivity contribution is -0.274. The van der Waals surface area contributed by atoms with E-state index in [2.05, 4.69) is 43.7 Å². The minimum atomic E-state index is -4.73. The van der Waals surface area contributed by atoms with Gasteiger partial charge in [-0.15, -0.1) is 13.2 Å². The molecule has 3 rings (SSSR count). The van der Waals surface area contributed by atoms with Crippen molar-refractivity contribution < 1.29 is 17.9 Å². The number of benzene rings is 1. The fourth-order valence-electron chi connectivity index (χ4n) is 2.55. The number of aromatic amines is 2. The molecule has 0 aliphatic carbocycles. The highest BCUT2D eigenvalue weighted by Gasteiger charge is 2.31. The summed E-state index contributed by atoms with van der Waals surface area (Å²) in [4.78, 5) is 7.61. The van der Waals surface area contributed by atoms with Crippen LogP contribution in [0, 0.1) is 11.8 Å². The second-order valence-corrected chi connectivity index (χ2v) is 5.82. The van der Waals surface area contributed by atoms with Crippen molar-refractivity contribution in [2.45, 2.75) is 32.5 Å². The first kappa shape index (κ1) is 18.6. The molecule has 0 radical (unpaired) electrons. The summed E-state index contributed by atoms with van der Waals surface area (Å²) in [5.74, 6) is 6.19. The van der Waals surface area contributed by atoms with Crippen LogP contribution >= 0.6 is 0 Å². The zero-order valence-corrected chi connectivity index (χ0v) is 14.5. The van der Waals surface area contributed by atoms with Crippen molar-refractivity contribution in [1.82, 2.24) is 20.2 Å². The number of nitrogens with one attached hydrogen (secondary N) is 2. The van der Waals surface area contributed by atoms with Crippen molar-refractivity contribution in [3.8, 4) is 29.0 Å². The lowest BCUT2D eigenvalue weighted by Crippen LogP contribution is -2.17. The largest absolute Gasteiger partial charge is 0.573 e. The van der Waals surface area contributed by atoms with E-state index >= 15 is 0 Å². The molecule has 0 aliphatic heterocycles. The number of hydrogen-bond acceptors (Lipinski definition) is 3. The van der Waals surface area contributed by atoms with Crippen molar-refractivity contribution in [1.29, 1.82) is 0 Å². The molecule has 3 aromatic rings. The van der Waals surface area contributed by atoms with Crippen LogP contribution in [0.5, 0.6) is 5.75 Å². The first-order valence-corrected chi connectivity index (χ1v) is 8.36.